The minimum absolute atomic E-state index is 0.171. The summed E-state index contributed by atoms with van der Waals surface area (Å²) in [6.45, 7) is 4.39. The van der Waals surface area contributed by atoms with Gasteiger partial charge in [0, 0.05) is 13.0 Å². The van der Waals surface area contributed by atoms with E-state index in [0.29, 0.717) is 13.0 Å². The molecule has 0 aliphatic carbocycles. The maximum absolute atomic E-state index is 8.53. The fourth-order valence-electron chi connectivity index (χ4n) is 0.955. The number of benzene rings is 1. The van der Waals surface area contributed by atoms with Crippen molar-refractivity contribution in [3.8, 4) is 5.75 Å². The molecule has 2 heteroatoms. The Morgan fingerprint density at radius 2 is 2.00 bits per heavy atom. The minimum atomic E-state index is 0.171. The molecule has 0 saturated carbocycles. The monoisotopic (exact) mass is 178 g/mol. The van der Waals surface area contributed by atoms with Crippen molar-refractivity contribution >= 4 is 6.08 Å². The minimum Gasteiger partial charge on any atom is -0.494 e. The highest BCUT2D eigenvalue weighted by atomic mass is 16.5. The van der Waals surface area contributed by atoms with Crippen molar-refractivity contribution in [2.75, 3.05) is 13.2 Å². The van der Waals surface area contributed by atoms with Gasteiger partial charge in [0.1, 0.15) is 5.75 Å². The van der Waals surface area contributed by atoms with Crippen molar-refractivity contribution in [1.29, 1.82) is 0 Å². The van der Waals surface area contributed by atoms with Crippen molar-refractivity contribution in [1.82, 2.24) is 0 Å². The fourth-order valence-corrected chi connectivity index (χ4v) is 0.955. The zero-order valence-corrected chi connectivity index (χ0v) is 7.57. The van der Waals surface area contributed by atoms with E-state index in [-0.39, 0.29) is 6.61 Å². The lowest BCUT2D eigenvalue weighted by Gasteiger charge is -2.04. The van der Waals surface area contributed by atoms with E-state index in [9.17, 15) is 0 Å². The van der Waals surface area contributed by atoms with Gasteiger partial charge in [-0.05, 0) is 17.7 Å². The summed E-state index contributed by atoms with van der Waals surface area (Å²) in [5.74, 6) is 0.832. The first-order chi connectivity index (χ1) is 6.36. The molecule has 1 aromatic rings. The number of aliphatic hydroxyl groups is 1. The van der Waals surface area contributed by atoms with E-state index in [1.807, 2.05) is 24.3 Å². The molecule has 0 heterocycles. The van der Waals surface area contributed by atoms with Gasteiger partial charge in [0.15, 0.2) is 0 Å². The quantitative estimate of drug-likeness (QED) is 0.699. The highest BCUT2D eigenvalue weighted by molar-refractivity contribution is 5.48. The highest BCUT2D eigenvalue weighted by Gasteiger charge is 1.92. The summed E-state index contributed by atoms with van der Waals surface area (Å²) in [5, 5.41) is 8.53. The van der Waals surface area contributed by atoms with Crippen LogP contribution in [0.1, 0.15) is 12.0 Å². The van der Waals surface area contributed by atoms with Crippen LogP contribution in [0.4, 0.5) is 0 Å². The Morgan fingerprint density at radius 3 is 2.54 bits per heavy atom. The Morgan fingerprint density at radius 1 is 1.31 bits per heavy atom. The normalized spacial score (nSPS) is 9.62. The molecule has 0 aliphatic rings. The van der Waals surface area contributed by atoms with E-state index in [0.717, 1.165) is 11.3 Å². The van der Waals surface area contributed by atoms with E-state index < -0.39 is 0 Å². The molecule has 0 amide bonds. The largest absolute Gasteiger partial charge is 0.494 e. The number of hydrogen-bond acceptors (Lipinski definition) is 2. The molecule has 0 fully saturated rings. The van der Waals surface area contributed by atoms with E-state index in [4.69, 9.17) is 9.84 Å². The van der Waals surface area contributed by atoms with Crippen molar-refractivity contribution < 1.29 is 9.84 Å². The molecule has 1 rings (SSSR count). The molecular formula is C11H14O2. The molecule has 0 aromatic heterocycles. The Hall–Kier alpha value is -1.28. The van der Waals surface area contributed by atoms with Crippen molar-refractivity contribution in [3.63, 3.8) is 0 Å². The van der Waals surface area contributed by atoms with Gasteiger partial charge in [-0.15, -0.1) is 0 Å². The Kier molecular flexibility index (Phi) is 4.06. The molecule has 13 heavy (non-hydrogen) atoms. The van der Waals surface area contributed by atoms with Gasteiger partial charge < -0.3 is 9.84 Å². The van der Waals surface area contributed by atoms with Crippen LogP contribution in [0.5, 0.6) is 5.75 Å². The number of aliphatic hydroxyl groups excluding tert-OH is 1. The predicted molar refractivity (Wildman–Crippen MR) is 53.7 cm³/mol. The molecule has 2 nitrogen and oxygen atoms in total. The topological polar surface area (TPSA) is 29.5 Å². The second-order valence-corrected chi connectivity index (χ2v) is 2.70. The van der Waals surface area contributed by atoms with E-state index >= 15 is 0 Å². The van der Waals surface area contributed by atoms with Gasteiger partial charge in [0.2, 0.25) is 0 Å². The summed E-state index contributed by atoms with van der Waals surface area (Å²) >= 11 is 0. The smallest absolute Gasteiger partial charge is 0.119 e. The molecule has 0 saturated heterocycles. The van der Waals surface area contributed by atoms with E-state index in [1.54, 1.807) is 6.08 Å². The van der Waals surface area contributed by atoms with Crippen LogP contribution in [-0.2, 0) is 0 Å². The maximum Gasteiger partial charge on any atom is 0.119 e. The summed E-state index contributed by atoms with van der Waals surface area (Å²) in [6, 6.07) is 7.69. The average Bonchev–Trinajstić information content (AvgIpc) is 2.19. The zero-order valence-electron chi connectivity index (χ0n) is 7.57. The summed E-state index contributed by atoms with van der Waals surface area (Å²) < 4.78 is 5.35. The van der Waals surface area contributed by atoms with Crippen molar-refractivity contribution in [2.45, 2.75) is 6.42 Å². The lowest BCUT2D eigenvalue weighted by atomic mass is 10.2. The Labute approximate surface area is 78.5 Å². The van der Waals surface area contributed by atoms with Crippen LogP contribution in [0.25, 0.3) is 6.08 Å². The molecule has 0 atom stereocenters. The van der Waals surface area contributed by atoms with Gasteiger partial charge in [-0.3, -0.25) is 0 Å². The number of hydrogen-bond donors (Lipinski definition) is 1. The lowest BCUT2D eigenvalue weighted by Crippen LogP contribution is -1.99. The van der Waals surface area contributed by atoms with Crippen LogP contribution >= 0.6 is 0 Å². The first-order valence-corrected chi connectivity index (χ1v) is 4.33. The molecule has 0 unspecified atom stereocenters. The summed E-state index contributed by atoms with van der Waals surface area (Å²) in [5.41, 5.74) is 1.08. The predicted octanol–water partition coefficient (Wildman–Crippen LogP) is 2.09. The van der Waals surface area contributed by atoms with Gasteiger partial charge in [-0.1, -0.05) is 24.8 Å². The first kappa shape index (κ1) is 9.81. The third kappa shape index (κ3) is 3.30. The summed E-state index contributed by atoms with van der Waals surface area (Å²) in [4.78, 5) is 0. The molecule has 1 aromatic carbocycles. The lowest BCUT2D eigenvalue weighted by molar-refractivity contribution is 0.233. The maximum atomic E-state index is 8.53. The highest BCUT2D eigenvalue weighted by Crippen LogP contribution is 2.12. The first-order valence-electron chi connectivity index (χ1n) is 4.33. The van der Waals surface area contributed by atoms with Gasteiger partial charge in [0.25, 0.3) is 0 Å². The van der Waals surface area contributed by atoms with Crippen molar-refractivity contribution in [3.05, 3.63) is 36.4 Å². The molecular weight excluding hydrogens is 164 g/mol. The van der Waals surface area contributed by atoms with Crippen LogP contribution < -0.4 is 4.74 Å². The SMILES string of the molecule is C=Cc1ccc(OCCCO)cc1. The zero-order chi connectivity index (χ0) is 9.52. The molecule has 0 radical (unpaired) electrons. The summed E-state index contributed by atoms with van der Waals surface area (Å²) in [6.07, 6.45) is 2.46. The van der Waals surface area contributed by atoms with Crippen molar-refractivity contribution in [2.24, 2.45) is 0 Å². The number of ether oxygens (including phenoxy) is 1. The summed E-state index contributed by atoms with van der Waals surface area (Å²) in [7, 11) is 0. The second-order valence-electron chi connectivity index (χ2n) is 2.70. The average molecular weight is 178 g/mol. The van der Waals surface area contributed by atoms with Gasteiger partial charge >= 0.3 is 0 Å². The molecule has 0 bridgehead atoms. The molecule has 70 valence electrons. The van der Waals surface area contributed by atoms with Gasteiger partial charge in [-0.25, -0.2) is 0 Å². The number of rotatable bonds is 5. The third-order valence-corrected chi connectivity index (χ3v) is 1.69. The van der Waals surface area contributed by atoms with E-state index in [1.165, 1.54) is 0 Å². The standard InChI is InChI=1S/C11H14O2/c1-2-10-4-6-11(7-5-10)13-9-3-8-12/h2,4-7,12H,1,3,8-9H2. The molecule has 0 spiro atoms. The van der Waals surface area contributed by atoms with Crippen LogP contribution in [0.3, 0.4) is 0 Å². The van der Waals surface area contributed by atoms with Crippen LogP contribution in [0, 0.1) is 0 Å². The van der Waals surface area contributed by atoms with Gasteiger partial charge in [0.05, 0.1) is 6.61 Å². The van der Waals surface area contributed by atoms with Gasteiger partial charge in [-0.2, -0.15) is 0 Å². The van der Waals surface area contributed by atoms with E-state index in [2.05, 4.69) is 6.58 Å². The third-order valence-electron chi connectivity index (χ3n) is 1.69. The van der Waals surface area contributed by atoms with Crippen LogP contribution in [0.15, 0.2) is 30.8 Å². The Balaban J connectivity index is 2.44. The second kappa shape index (κ2) is 5.38. The molecule has 1 N–H and O–H groups in total. The Bertz CT molecular complexity index is 251. The van der Waals surface area contributed by atoms with Crippen LogP contribution in [-0.4, -0.2) is 18.3 Å². The molecule has 0 aliphatic heterocycles. The fraction of sp³-hybridized carbons (Fsp3) is 0.273. The van der Waals surface area contributed by atoms with Crippen LogP contribution in [0.2, 0.25) is 0 Å².